The van der Waals surface area contributed by atoms with Crippen molar-refractivity contribution in [1.29, 1.82) is 0 Å². The first-order valence-corrected chi connectivity index (χ1v) is 6.71. The van der Waals surface area contributed by atoms with E-state index in [0.717, 1.165) is 11.3 Å². The second kappa shape index (κ2) is 5.40. The minimum atomic E-state index is -0.484. The normalized spacial score (nSPS) is 16.0. The summed E-state index contributed by atoms with van der Waals surface area (Å²) in [6, 6.07) is 14.2. The van der Waals surface area contributed by atoms with E-state index in [-0.39, 0.29) is 11.8 Å². The van der Waals surface area contributed by atoms with Crippen molar-refractivity contribution in [2.45, 2.75) is 19.4 Å². The number of benzene rings is 2. The number of hydrogen-bond donors (Lipinski definition) is 0. The molecule has 0 aliphatic carbocycles. The van der Waals surface area contributed by atoms with Crippen LogP contribution in [0.5, 0.6) is 11.5 Å². The number of fused-ring (bicyclic) bond motifs is 1. The van der Waals surface area contributed by atoms with Gasteiger partial charge in [-0.15, -0.1) is 0 Å². The Hall–Kier alpha value is -2.62. The molecule has 3 rings (SSSR count). The van der Waals surface area contributed by atoms with E-state index < -0.39 is 6.10 Å². The molecule has 1 unspecified atom stereocenters. The topological polar surface area (TPSA) is 52.6 Å². The van der Waals surface area contributed by atoms with E-state index in [1.54, 1.807) is 24.3 Å². The molecule has 0 radical (unpaired) electrons. The summed E-state index contributed by atoms with van der Waals surface area (Å²) >= 11 is 0. The van der Waals surface area contributed by atoms with Crippen LogP contribution >= 0.6 is 0 Å². The highest BCUT2D eigenvalue weighted by Crippen LogP contribution is 2.29. The predicted molar refractivity (Wildman–Crippen MR) is 76.6 cm³/mol. The lowest BCUT2D eigenvalue weighted by atomic mass is 10.0. The lowest BCUT2D eigenvalue weighted by molar-refractivity contribution is -0.131. The molecular weight excluding hydrogens is 268 g/mol. The number of esters is 1. The summed E-state index contributed by atoms with van der Waals surface area (Å²) in [6.45, 7) is 1.34. The first-order valence-electron chi connectivity index (χ1n) is 6.71. The zero-order valence-electron chi connectivity index (χ0n) is 11.5. The molecule has 1 aliphatic heterocycles. The highest BCUT2D eigenvalue weighted by molar-refractivity contribution is 6.00. The number of carbonyl (C=O) groups is 2. The maximum absolute atomic E-state index is 12.4. The van der Waals surface area contributed by atoms with Crippen LogP contribution in [0.15, 0.2) is 48.5 Å². The van der Waals surface area contributed by atoms with Gasteiger partial charge >= 0.3 is 5.97 Å². The van der Waals surface area contributed by atoms with Crippen LogP contribution in [0.25, 0.3) is 0 Å². The molecule has 0 aromatic heterocycles. The van der Waals surface area contributed by atoms with Crippen molar-refractivity contribution >= 4 is 11.8 Å². The molecule has 1 aliphatic rings. The molecular formula is C17H14O4. The van der Waals surface area contributed by atoms with Crippen LogP contribution in [-0.2, 0) is 11.2 Å². The molecule has 21 heavy (non-hydrogen) atoms. The summed E-state index contributed by atoms with van der Waals surface area (Å²) in [4.78, 5) is 23.3. The largest absolute Gasteiger partial charge is 0.482 e. The standard InChI is InChI=1S/C17H14O4/c1-11(18)20-14-8-6-12(7-9-14)17(19)16-10-13-4-2-3-5-15(13)21-16/h2-9,16H,10H2,1H3. The summed E-state index contributed by atoms with van der Waals surface area (Å²) in [6.07, 6.45) is 0.0997. The Balaban J connectivity index is 1.73. The van der Waals surface area contributed by atoms with E-state index >= 15 is 0 Å². The van der Waals surface area contributed by atoms with Crippen LogP contribution in [-0.4, -0.2) is 17.9 Å². The second-order valence-electron chi connectivity index (χ2n) is 4.90. The van der Waals surface area contributed by atoms with Gasteiger partial charge in [0, 0.05) is 18.9 Å². The van der Waals surface area contributed by atoms with Gasteiger partial charge in [-0.2, -0.15) is 0 Å². The number of carbonyl (C=O) groups excluding carboxylic acids is 2. The number of rotatable bonds is 3. The van der Waals surface area contributed by atoms with Crippen molar-refractivity contribution in [2.75, 3.05) is 0 Å². The fourth-order valence-corrected chi connectivity index (χ4v) is 2.37. The highest BCUT2D eigenvalue weighted by atomic mass is 16.5. The van der Waals surface area contributed by atoms with Gasteiger partial charge in [0.15, 0.2) is 6.10 Å². The first kappa shape index (κ1) is 13.4. The molecule has 1 atom stereocenters. The van der Waals surface area contributed by atoms with E-state index in [9.17, 15) is 9.59 Å². The highest BCUT2D eigenvalue weighted by Gasteiger charge is 2.29. The average molecular weight is 282 g/mol. The molecule has 0 bridgehead atoms. The molecule has 0 saturated carbocycles. The Morgan fingerprint density at radius 1 is 1.10 bits per heavy atom. The number of hydrogen-bond acceptors (Lipinski definition) is 4. The predicted octanol–water partition coefficient (Wildman–Crippen LogP) is 2.80. The molecule has 0 amide bonds. The summed E-state index contributed by atoms with van der Waals surface area (Å²) < 4.78 is 10.6. The van der Waals surface area contributed by atoms with Crippen LogP contribution in [0.3, 0.4) is 0 Å². The monoisotopic (exact) mass is 282 g/mol. The van der Waals surface area contributed by atoms with E-state index in [0.29, 0.717) is 17.7 Å². The molecule has 2 aromatic carbocycles. The minimum Gasteiger partial charge on any atom is -0.482 e. The van der Waals surface area contributed by atoms with Crippen LogP contribution in [0.2, 0.25) is 0 Å². The third-order valence-electron chi connectivity index (χ3n) is 3.34. The molecule has 0 saturated heterocycles. The third kappa shape index (κ3) is 2.79. The molecule has 4 nitrogen and oxygen atoms in total. The maximum atomic E-state index is 12.4. The quantitative estimate of drug-likeness (QED) is 0.493. The van der Waals surface area contributed by atoms with Gasteiger partial charge in [0.25, 0.3) is 0 Å². The first-order chi connectivity index (χ1) is 10.1. The molecule has 4 heteroatoms. The zero-order chi connectivity index (χ0) is 14.8. The smallest absolute Gasteiger partial charge is 0.308 e. The van der Waals surface area contributed by atoms with Gasteiger partial charge in [-0.05, 0) is 35.9 Å². The number of ether oxygens (including phenoxy) is 2. The number of ketones is 1. The minimum absolute atomic E-state index is 0.0689. The SMILES string of the molecule is CC(=O)Oc1ccc(C(=O)C2Cc3ccccc3O2)cc1. The summed E-state index contributed by atoms with van der Waals surface area (Å²) in [5.41, 5.74) is 1.59. The van der Waals surface area contributed by atoms with Gasteiger partial charge in [0.05, 0.1) is 0 Å². The number of para-hydroxylation sites is 1. The molecule has 1 heterocycles. The van der Waals surface area contributed by atoms with Crippen molar-refractivity contribution in [2.24, 2.45) is 0 Å². The van der Waals surface area contributed by atoms with Gasteiger partial charge in [0.2, 0.25) is 5.78 Å². The van der Waals surface area contributed by atoms with Gasteiger partial charge in [0.1, 0.15) is 11.5 Å². The Labute approximate surface area is 122 Å². The van der Waals surface area contributed by atoms with Crippen molar-refractivity contribution in [3.63, 3.8) is 0 Å². The van der Waals surface area contributed by atoms with Crippen molar-refractivity contribution in [1.82, 2.24) is 0 Å². The van der Waals surface area contributed by atoms with E-state index in [2.05, 4.69) is 0 Å². The lowest BCUT2D eigenvalue weighted by Crippen LogP contribution is -2.25. The van der Waals surface area contributed by atoms with E-state index in [1.807, 2.05) is 24.3 Å². The molecule has 0 fully saturated rings. The summed E-state index contributed by atoms with van der Waals surface area (Å²) in [5, 5.41) is 0. The Morgan fingerprint density at radius 2 is 1.81 bits per heavy atom. The Kier molecular flexibility index (Phi) is 3.44. The fraction of sp³-hybridized carbons (Fsp3) is 0.176. The van der Waals surface area contributed by atoms with Crippen LogP contribution in [0.1, 0.15) is 22.8 Å². The average Bonchev–Trinajstić information content (AvgIpc) is 2.90. The van der Waals surface area contributed by atoms with Crippen LogP contribution in [0.4, 0.5) is 0 Å². The fourth-order valence-electron chi connectivity index (χ4n) is 2.37. The Bertz CT molecular complexity index is 663. The molecule has 106 valence electrons. The molecule has 0 spiro atoms. The maximum Gasteiger partial charge on any atom is 0.308 e. The number of Topliss-reactive ketones (excluding diaryl/α,β-unsaturated/α-hetero) is 1. The van der Waals surface area contributed by atoms with Crippen LogP contribution < -0.4 is 9.47 Å². The molecule has 0 N–H and O–H groups in total. The van der Waals surface area contributed by atoms with Gasteiger partial charge in [-0.25, -0.2) is 0 Å². The van der Waals surface area contributed by atoms with Gasteiger partial charge in [-0.3, -0.25) is 9.59 Å². The van der Waals surface area contributed by atoms with Gasteiger partial charge in [-0.1, -0.05) is 18.2 Å². The van der Waals surface area contributed by atoms with E-state index in [4.69, 9.17) is 9.47 Å². The van der Waals surface area contributed by atoms with Crippen molar-refractivity contribution < 1.29 is 19.1 Å². The van der Waals surface area contributed by atoms with Crippen molar-refractivity contribution in [3.8, 4) is 11.5 Å². The zero-order valence-corrected chi connectivity index (χ0v) is 11.5. The summed E-state index contributed by atoms with van der Waals surface area (Å²) in [5.74, 6) is 0.742. The van der Waals surface area contributed by atoms with Crippen LogP contribution in [0, 0.1) is 0 Å². The third-order valence-corrected chi connectivity index (χ3v) is 3.34. The lowest BCUT2D eigenvalue weighted by Gasteiger charge is -2.10. The Morgan fingerprint density at radius 3 is 2.48 bits per heavy atom. The summed E-state index contributed by atoms with van der Waals surface area (Å²) in [7, 11) is 0. The van der Waals surface area contributed by atoms with E-state index in [1.165, 1.54) is 6.92 Å². The van der Waals surface area contributed by atoms with Crippen molar-refractivity contribution in [3.05, 3.63) is 59.7 Å². The van der Waals surface area contributed by atoms with Gasteiger partial charge < -0.3 is 9.47 Å². The molecule has 2 aromatic rings. The second-order valence-corrected chi connectivity index (χ2v) is 4.90.